The van der Waals surface area contributed by atoms with Gasteiger partial charge in [0.25, 0.3) is 0 Å². The average molecular weight is 184 g/mol. The highest BCUT2D eigenvalue weighted by Gasteiger charge is 1.98. The van der Waals surface area contributed by atoms with E-state index in [1.54, 1.807) is 0 Å². The highest BCUT2D eigenvalue weighted by Crippen LogP contribution is 2.17. The molecule has 0 unspecified atom stereocenters. The molecule has 0 heterocycles. The second-order valence-corrected chi connectivity index (χ2v) is 2.78. The van der Waals surface area contributed by atoms with Gasteiger partial charge in [-0.1, -0.05) is 6.07 Å². The van der Waals surface area contributed by atoms with Crippen LogP contribution in [-0.4, -0.2) is 11.0 Å². The number of hydrogen-bond acceptors (Lipinski definition) is 3. The Morgan fingerprint density at radius 2 is 2.25 bits per heavy atom. The van der Waals surface area contributed by atoms with Gasteiger partial charge in [0.2, 0.25) is 0 Å². The van der Waals surface area contributed by atoms with E-state index in [9.17, 15) is 0 Å². The Hall–Kier alpha value is -0.670. The fourth-order valence-electron chi connectivity index (χ4n) is 1.01. The van der Waals surface area contributed by atoms with E-state index in [-0.39, 0.29) is 6.61 Å². The van der Waals surface area contributed by atoms with E-state index in [2.05, 4.69) is 12.6 Å². The fraction of sp³-hybridized carbons (Fsp3) is 0.333. The lowest BCUT2D eigenvalue weighted by atomic mass is 10.1. The van der Waals surface area contributed by atoms with Gasteiger partial charge in [0, 0.05) is 0 Å². The number of hydrogen-bond donors (Lipinski definition) is 2. The third-order valence-electron chi connectivity index (χ3n) is 1.72. The van der Waals surface area contributed by atoms with E-state index in [1.165, 1.54) is 0 Å². The molecule has 0 aliphatic heterocycles. The summed E-state index contributed by atoms with van der Waals surface area (Å²) in [6, 6.07) is 5.57. The van der Waals surface area contributed by atoms with Crippen molar-refractivity contribution in [3.8, 4) is 5.75 Å². The Kier molecular flexibility index (Phi) is 3.44. The molecule has 66 valence electrons. The molecule has 0 atom stereocenters. The summed E-state index contributed by atoms with van der Waals surface area (Å²) in [6.45, 7) is 2.02. The first-order valence-electron chi connectivity index (χ1n) is 3.72. The van der Waals surface area contributed by atoms with Crippen LogP contribution in [0.25, 0.3) is 0 Å². The Morgan fingerprint density at radius 1 is 1.50 bits per heavy atom. The largest absolute Gasteiger partial charge is 0.483 e. The number of benzene rings is 1. The SMILES string of the molecule is Cc1cc(OCS)ccc1CO. The highest BCUT2D eigenvalue weighted by molar-refractivity contribution is 7.80. The lowest BCUT2D eigenvalue weighted by Gasteiger charge is -2.06. The molecule has 1 aromatic carbocycles. The second-order valence-electron chi connectivity index (χ2n) is 2.52. The van der Waals surface area contributed by atoms with E-state index in [0.717, 1.165) is 16.9 Å². The molecule has 0 amide bonds. The summed E-state index contributed by atoms with van der Waals surface area (Å²) in [6.07, 6.45) is 0. The maximum absolute atomic E-state index is 8.88. The Balaban J connectivity index is 2.86. The van der Waals surface area contributed by atoms with Crippen molar-refractivity contribution in [3.63, 3.8) is 0 Å². The van der Waals surface area contributed by atoms with Crippen molar-refractivity contribution in [2.45, 2.75) is 13.5 Å². The van der Waals surface area contributed by atoms with Crippen LogP contribution >= 0.6 is 12.6 Å². The van der Waals surface area contributed by atoms with Crippen LogP contribution in [0.2, 0.25) is 0 Å². The standard InChI is InChI=1S/C9H12O2S/c1-7-4-9(11-6-12)3-2-8(7)5-10/h2-4,10,12H,5-6H2,1H3. The summed E-state index contributed by atoms with van der Waals surface area (Å²) >= 11 is 3.94. The van der Waals surface area contributed by atoms with Crippen LogP contribution in [0.3, 0.4) is 0 Å². The molecule has 0 aliphatic carbocycles. The highest BCUT2D eigenvalue weighted by atomic mass is 32.1. The zero-order chi connectivity index (χ0) is 8.97. The predicted molar refractivity (Wildman–Crippen MR) is 51.6 cm³/mol. The third-order valence-corrected chi connectivity index (χ3v) is 1.84. The van der Waals surface area contributed by atoms with Crippen molar-refractivity contribution in [2.24, 2.45) is 0 Å². The van der Waals surface area contributed by atoms with Gasteiger partial charge < -0.3 is 9.84 Å². The number of aliphatic hydroxyl groups excluding tert-OH is 1. The molecule has 0 bridgehead atoms. The summed E-state index contributed by atoms with van der Waals surface area (Å²) < 4.78 is 5.17. The van der Waals surface area contributed by atoms with Crippen molar-refractivity contribution < 1.29 is 9.84 Å². The van der Waals surface area contributed by atoms with Crippen LogP contribution in [0.1, 0.15) is 11.1 Å². The number of ether oxygens (including phenoxy) is 1. The monoisotopic (exact) mass is 184 g/mol. The summed E-state index contributed by atoms with van der Waals surface area (Å²) in [5, 5.41) is 8.88. The fourth-order valence-corrected chi connectivity index (χ4v) is 1.16. The summed E-state index contributed by atoms with van der Waals surface area (Å²) in [7, 11) is 0. The predicted octanol–water partition coefficient (Wildman–Crippen LogP) is 1.75. The topological polar surface area (TPSA) is 29.5 Å². The van der Waals surface area contributed by atoms with Crippen LogP contribution in [0.15, 0.2) is 18.2 Å². The molecule has 1 aromatic rings. The van der Waals surface area contributed by atoms with Crippen LogP contribution in [0.4, 0.5) is 0 Å². The molecular weight excluding hydrogens is 172 g/mol. The molecule has 2 nitrogen and oxygen atoms in total. The quantitative estimate of drug-likeness (QED) is 0.553. The maximum Gasteiger partial charge on any atom is 0.131 e. The molecular formula is C9H12O2S. The van der Waals surface area contributed by atoms with Crippen LogP contribution in [0.5, 0.6) is 5.75 Å². The van der Waals surface area contributed by atoms with Crippen molar-refractivity contribution >= 4 is 12.6 Å². The van der Waals surface area contributed by atoms with E-state index in [1.807, 2.05) is 25.1 Å². The first kappa shape index (κ1) is 9.42. The summed E-state index contributed by atoms with van der Waals surface area (Å²) in [4.78, 5) is 0. The van der Waals surface area contributed by atoms with Crippen LogP contribution in [0, 0.1) is 6.92 Å². The first-order chi connectivity index (χ1) is 5.77. The van der Waals surface area contributed by atoms with Gasteiger partial charge >= 0.3 is 0 Å². The number of aliphatic hydroxyl groups is 1. The van der Waals surface area contributed by atoms with Gasteiger partial charge in [-0.3, -0.25) is 0 Å². The van der Waals surface area contributed by atoms with E-state index < -0.39 is 0 Å². The van der Waals surface area contributed by atoms with Gasteiger partial charge in [-0.15, -0.1) is 12.6 Å². The molecule has 0 saturated heterocycles. The zero-order valence-corrected chi connectivity index (χ0v) is 7.84. The van der Waals surface area contributed by atoms with Gasteiger partial charge in [0.1, 0.15) is 11.7 Å². The number of rotatable bonds is 3. The Bertz CT molecular complexity index is 261. The maximum atomic E-state index is 8.88. The molecule has 1 N–H and O–H groups in total. The minimum absolute atomic E-state index is 0.0764. The average Bonchev–Trinajstić information content (AvgIpc) is 2.05. The van der Waals surface area contributed by atoms with E-state index >= 15 is 0 Å². The number of aryl methyl sites for hydroxylation is 1. The molecule has 3 heteroatoms. The Labute approximate surface area is 77.6 Å². The lowest BCUT2D eigenvalue weighted by Crippen LogP contribution is -1.92. The van der Waals surface area contributed by atoms with Crippen LogP contribution in [-0.2, 0) is 6.61 Å². The second kappa shape index (κ2) is 4.38. The normalized spacial score (nSPS) is 9.92. The molecule has 0 saturated carbocycles. The van der Waals surface area contributed by atoms with E-state index in [0.29, 0.717) is 5.94 Å². The van der Waals surface area contributed by atoms with E-state index in [4.69, 9.17) is 9.84 Å². The summed E-state index contributed by atoms with van der Waals surface area (Å²) in [5.41, 5.74) is 1.97. The lowest BCUT2D eigenvalue weighted by molar-refractivity contribution is 0.281. The van der Waals surface area contributed by atoms with Crippen molar-refractivity contribution in [2.75, 3.05) is 5.94 Å². The Morgan fingerprint density at radius 3 is 2.75 bits per heavy atom. The minimum atomic E-state index is 0.0764. The summed E-state index contributed by atoms with van der Waals surface area (Å²) in [5.74, 6) is 1.16. The van der Waals surface area contributed by atoms with Gasteiger partial charge in [0.05, 0.1) is 6.61 Å². The van der Waals surface area contributed by atoms with Crippen LogP contribution < -0.4 is 4.74 Å². The van der Waals surface area contributed by atoms with Gasteiger partial charge in [-0.05, 0) is 30.2 Å². The third kappa shape index (κ3) is 2.16. The zero-order valence-electron chi connectivity index (χ0n) is 6.95. The minimum Gasteiger partial charge on any atom is -0.483 e. The molecule has 0 fully saturated rings. The molecule has 1 rings (SSSR count). The van der Waals surface area contributed by atoms with Gasteiger partial charge in [0.15, 0.2) is 0 Å². The van der Waals surface area contributed by atoms with Gasteiger partial charge in [-0.25, -0.2) is 0 Å². The molecule has 0 aliphatic rings. The first-order valence-corrected chi connectivity index (χ1v) is 4.35. The van der Waals surface area contributed by atoms with Crippen molar-refractivity contribution in [1.82, 2.24) is 0 Å². The molecule has 0 aromatic heterocycles. The van der Waals surface area contributed by atoms with Gasteiger partial charge in [-0.2, -0.15) is 0 Å². The van der Waals surface area contributed by atoms with Crippen molar-refractivity contribution in [1.29, 1.82) is 0 Å². The van der Waals surface area contributed by atoms with Crippen molar-refractivity contribution in [3.05, 3.63) is 29.3 Å². The molecule has 0 radical (unpaired) electrons. The number of thiol groups is 1. The molecule has 0 spiro atoms. The smallest absolute Gasteiger partial charge is 0.131 e. The molecule has 12 heavy (non-hydrogen) atoms.